The molecule has 3 heterocycles. The number of hydrogen-bond donors (Lipinski definition) is 3. The van der Waals surface area contributed by atoms with Crippen LogP contribution in [0.1, 0.15) is 40.0 Å². The summed E-state index contributed by atoms with van der Waals surface area (Å²) in [5.74, 6) is -1.78. The first-order valence-electron chi connectivity index (χ1n) is 12.3. The number of alkyl halides is 1. The molecule has 1 spiro atoms. The zero-order chi connectivity index (χ0) is 25.5. The molecule has 1 aromatic rings. The van der Waals surface area contributed by atoms with E-state index >= 15 is 0 Å². The molecule has 1 aromatic carbocycles. The first-order chi connectivity index (χ1) is 16.7. The third-order valence-corrected chi connectivity index (χ3v) is 11.3. The van der Waals surface area contributed by atoms with Crippen LogP contribution in [-0.2, 0) is 14.4 Å². The average molecular weight is 587 g/mol. The fourth-order valence-electron chi connectivity index (χ4n) is 5.95. The molecule has 4 rings (SSSR count). The number of nitrogens with zero attached hydrogens (tertiary/aromatic N) is 1. The van der Waals surface area contributed by atoms with Crippen molar-refractivity contribution in [1.29, 1.82) is 0 Å². The molecule has 2 bridgehead atoms. The van der Waals surface area contributed by atoms with Crippen LogP contribution in [0.15, 0.2) is 24.3 Å². The Labute approximate surface area is 224 Å². The lowest BCUT2D eigenvalue weighted by molar-refractivity contribution is -0.143. The van der Waals surface area contributed by atoms with E-state index in [0.29, 0.717) is 23.7 Å². The average Bonchev–Trinajstić information content (AvgIpc) is 3.43. The number of carbonyl (C=O) groups excluding carboxylic acids is 3. The second-order valence-electron chi connectivity index (χ2n) is 9.83. The van der Waals surface area contributed by atoms with E-state index in [4.69, 9.17) is 11.6 Å². The van der Waals surface area contributed by atoms with Gasteiger partial charge in [-0.15, -0.1) is 11.8 Å². The van der Waals surface area contributed by atoms with Crippen molar-refractivity contribution in [3.8, 4) is 0 Å². The van der Waals surface area contributed by atoms with Crippen LogP contribution in [-0.4, -0.2) is 67.8 Å². The molecular formula is C25H33BrClN3O4S. The van der Waals surface area contributed by atoms with Gasteiger partial charge in [-0.2, -0.15) is 0 Å². The van der Waals surface area contributed by atoms with Crippen LogP contribution in [0.4, 0.5) is 5.69 Å². The van der Waals surface area contributed by atoms with Crippen molar-refractivity contribution in [3.05, 3.63) is 29.3 Å². The summed E-state index contributed by atoms with van der Waals surface area (Å²) in [5.41, 5.74) is 0.584. The Bertz CT molecular complexity index is 982. The van der Waals surface area contributed by atoms with E-state index in [1.807, 2.05) is 20.8 Å². The maximum atomic E-state index is 14.1. The molecule has 8 atom stereocenters. The summed E-state index contributed by atoms with van der Waals surface area (Å²) < 4.78 is -0.748. The molecule has 0 saturated carbocycles. The Hall–Kier alpha value is -1.29. The molecule has 10 heteroatoms. The standard InChI is InChI=1S/C25H33BrClN3O4S/c1-4-10-28-22(32)18-19-24(34)30(17(12-31)13(3)5-2)21(25(19)11-16(26)20(18)35-25)23(33)29-15-8-6-14(27)7-9-15/h6-9,13,16-21,31H,4-5,10-12H2,1-3H3,(H,28,32)(H,29,33)/t13-,16?,17-,18-,19-,20-,21?,25?/m0/s1. The minimum atomic E-state index is -0.805. The lowest BCUT2D eigenvalue weighted by atomic mass is 9.70. The van der Waals surface area contributed by atoms with Gasteiger partial charge in [0, 0.05) is 27.3 Å². The van der Waals surface area contributed by atoms with E-state index in [9.17, 15) is 19.5 Å². The van der Waals surface area contributed by atoms with Crippen LogP contribution >= 0.6 is 39.3 Å². The summed E-state index contributed by atoms with van der Waals surface area (Å²) in [6.45, 7) is 6.28. The van der Waals surface area contributed by atoms with Crippen molar-refractivity contribution in [2.24, 2.45) is 17.8 Å². The fourth-order valence-corrected chi connectivity index (χ4v) is 9.67. The van der Waals surface area contributed by atoms with E-state index in [2.05, 4.69) is 26.6 Å². The Morgan fingerprint density at radius 2 is 1.97 bits per heavy atom. The highest BCUT2D eigenvalue weighted by Gasteiger charge is 2.76. The molecule has 3 aliphatic rings. The molecule has 3 N–H and O–H groups in total. The number of aliphatic hydroxyl groups excluding tert-OH is 1. The van der Waals surface area contributed by atoms with Crippen LogP contribution in [0.25, 0.3) is 0 Å². The molecule has 3 saturated heterocycles. The Morgan fingerprint density at radius 3 is 2.57 bits per heavy atom. The zero-order valence-electron chi connectivity index (χ0n) is 20.2. The van der Waals surface area contributed by atoms with E-state index in [1.54, 1.807) is 40.9 Å². The van der Waals surface area contributed by atoms with Crippen molar-refractivity contribution < 1.29 is 19.5 Å². The van der Waals surface area contributed by atoms with Crippen molar-refractivity contribution in [3.63, 3.8) is 0 Å². The summed E-state index contributed by atoms with van der Waals surface area (Å²) in [7, 11) is 0. The lowest BCUT2D eigenvalue weighted by Crippen LogP contribution is -2.56. The number of aliphatic hydroxyl groups is 1. The first kappa shape index (κ1) is 26.8. The second kappa shape index (κ2) is 10.6. The molecule has 7 nitrogen and oxygen atoms in total. The van der Waals surface area contributed by atoms with Gasteiger partial charge in [0.05, 0.1) is 29.2 Å². The van der Waals surface area contributed by atoms with Crippen molar-refractivity contribution in [2.75, 3.05) is 18.5 Å². The number of hydrogen-bond acceptors (Lipinski definition) is 5. The maximum Gasteiger partial charge on any atom is 0.248 e. The number of nitrogens with one attached hydrogen (secondary N) is 2. The third kappa shape index (κ3) is 4.51. The van der Waals surface area contributed by atoms with Gasteiger partial charge in [0.1, 0.15) is 6.04 Å². The molecule has 0 radical (unpaired) electrons. The molecular weight excluding hydrogens is 554 g/mol. The predicted molar refractivity (Wildman–Crippen MR) is 143 cm³/mol. The van der Waals surface area contributed by atoms with Gasteiger partial charge < -0.3 is 20.6 Å². The van der Waals surface area contributed by atoms with E-state index in [1.165, 1.54) is 0 Å². The van der Waals surface area contributed by atoms with Crippen molar-refractivity contribution >= 4 is 62.7 Å². The van der Waals surface area contributed by atoms with Gasteiger partial charge in [0.15, 0.2) is 0 Å². The third-order valence-electron chi connectivity index (χ3n) is 7.78. The molecule has 3 aliphatic heterocycles. The number of carbonyl (C=O) groups is 3. The van der Waals surface area contributed by atoms with Gasteiger partial charge in [-0.1, -0.05) is 54.7 Å². The minimum Gasteiger partial charge on any atom is -0.394 e. The molecule has 35 heavy (non-hydrogen) atoms. The van der Waals surface area contributed by atoms with Crippen molar-refractivity contribution in [1.82, 2.24) is 10.2 Å². The highest BCUT2D eigenvalue weighted by Crippen LogP contribution is 2.68. The van der Waals surface area contributed by atoms with Gasteiger partial charge in [-0.3, -0.25) is 14.4 Å². The maximum absolute atomic E-state index is 14.1. The summed E-state index contributed by atoms with van der Waals surface area (Å²) in [6, 6.07) is 5.53. The normalized spacial score (nSPS) is 32.9. The summed E-state index contributed by atoms with van der Waals surface area (Å²) in [4.78, 5) is 42.9. The first-order valence-corrected chi connectivity index (χ1v) is 14.5. The largest absolute Gasteiger partial charge is 0.394 e. The van der Waals surface area contributed by atoms with Crippen LogP contribution in [0.3, 0.4) is 0 Å². The van der Waals surface area contributed by atoms with Crippen LogP contribution in [0.2, 0.25) is 5.02 Å². The van der Waals surface area contributed by atoms with Crippen LogP contribution in [0, 0.1) is 17.8 Å². The predicted octanol–water partition coefficient (Wildman–Crippen LogP) is 3.68. The van der Waals surface area contributed by atoms with Gasteiger partial charge in [0.2, 0.25) is 17.7 Å². The van der Waals surface area contributed by atoms with E-state index in [-0.39, 0.29) is 40.3 Å². The van der Waals surface area contributed by atoms with E-state index in [0.717, 1.165) is 12.8 Å². The Morgan fingerprint density at radius 1 is 1.29 bits per heavy atom. The SMILES string of the molecule is CCCNC(=O)[C@H]1[C@H]2C(=O)N([C@@H](CO)[C@@H](C)CC)C(C(=O)Nc3ccc(Cl)cc3)C23CC(Br)[C@@H]1S3. The topological polar surface area (TPSA) is 98.7 Å². The zero-order valence-corrected chi connectivity index (χ0v) is 23.3. The number of rotatable bonds is 9. The number of benzene rings is 1. The number of thioether (sulfide) groups is 1. The number of likely N-dealkylation sites (tertiary alicyclic amines) is 1. The second-order valence-corrected chi connectivity index (χ2v) is 13.0. The van der Waals surface area contributed by atoms with Crippen molar-refractivity contribution in [2.45, 2.75) is 66.9 Å². The van der Waals surface area contributed by atoms with Crippen LogP contribution in [0.5, 0.6) is 0 Å². The van der Waals surface area contributed by atoms with Gasteiger partial charge in [-0.25, -0.2) is 0 Å². The van der Waals surface area contributed by atoms with Crippen LogP contribution < -0.4 is 10.6 Å². The number of fused-ring (bicyclic) bond motifs is 1. The summed E-state index contributed by atoms with van der Waals surface area (Å²) >= 11 is 11.4. The fraction of sp³-hybridized carbons (Fsp3) is 0.640. The molecule has 3 unspecified atom stereocenters. The van der Waals surface area contributed by atoms with Gasteiger partial charge >= 0.3 is 0 Å². The smallest absolute Gasteiger partial charge is 0.248 e. The quantitative estimate of drug-likeness (QED) is 0.384. The molecule has 0 aliphatic carbocycles. The lowest BCUT2D eigenvalue weighted by Gasteiger charge is -2.39. The minimum absolute atomic E-state index is 0.0101. The van der Waals surface area contributed by atoms with Gasteiger partial charge in [0.25, 0.3) is 0 Å². The number of amides is 3. The Kier molecular flexibility index (Phi) is 8.10. The molecule has 0 aromatic heterocycles. The molecule has 192 valence electrons. The Balaban J connectivity index is 1.76. The monoisotopic (exact) mass is 585 g/mol. The number of anilines is 1. The molecule has 3 fully saturated rings. The van der Waals surface area contributed by atoms with Gasteiger partial charge in [-0.05, 0) is 43.0 Å². The summed E-state index contributed by atoms with van der Waals surface area (Å²) in [6.07, 6.45) is 2.15. The highest BCUT2D eigenvalue weighted by molar-refractivity contribution is 9.09. The molecule has 3 amide bonds. The highest BCUT2D eigenvalue weighted by atomic mass is 79.9. The number of halogens is 2. The van der Waals surface area contributed by atoms with E-state index < -0.39 is 28.7 Å². The summed E-state index contributed by atoms with van der Waals surface area (Å²) in [5, 5.41) is 16.8.